The lowest BCUT2D eigenvalue weighted by atomic mass is 10.0. The number of carbonyl (C=O) groups is 2. The van der Waals surface area contributed by atoms with E-state index in [1.807, 2.05) is 76.2 Å². The normalized spacial score (nSPS) is 12.7. The van der Waals surface area contributed by atoms with Crippen molar-refractivity contribution in [2.45, 2.75) is 65.6 Å². The van der Waals surface area contributed by atoms with Crippen LogP contribution in [0.2, 0.25) is 0 Å². The van der Waals surface area contributed by atoms with Gasteiger partial charge in [0.15, 0.2) is 0 Å². The summed E-state index contributed by atoms with van der Waals surface area (Å²) in [4.78, 5) is 28.1. The molecule has 2 amide bonds. The third-order valence-electron chi connectivity index (χ3n) is 5.50. The first-order valence-corrected chi connectivity index (χ1v) is 10.7. The lowest BCUT2D eigenvalue weighted by Gasteiger charge is -2.32. The Morgan fingerprint density at radius 1 is 1.03 bits per heavy atom. The Balaban J connectivity index is 2.29. The number of nitrogens with zero attached hydrogens (tertiary/aromatic N) is 1. The van der Waals surface area contributed by atoms with Crippen LogP contribution in [-0.4, -0.2) is 35.9 Å². The Hall–Kier alpha value is -2.82. The highest BCUT2D eigenvalue weighted by molar-refractivity contribution is 5.88. The standard InChI is InChI=1S/C25H34N2O3/c1-6-19(4)26-25(29)23(7-2)27(17-21-11-9-8-10-18(21)3)24(28)16-20-12-14-22(30-5)15-13-20/h8-15,19,23H,6-7,16-17H2,1-5H3,(H,26,29)/t19-,23-/m0/s1. The van der Waals surface area contributed by atoms with Crippen LogP contribution in [0.5, 0.6) is 5.75 Å². The maximum atomic E-state index is 13.4. The highest BCUT2D eigenvalue weighted by Crippen LogP contribution is 2.18. The fraction of sp³-hybridized carbons (Fsp3) is 0.440. The van der Waals surface area contributed by atoms with Gasteiger partial charge >= 0.3 is 0 Å². The highest BCUT2D eigenvalue weighted by atomic mass is 16.5. The lowest BCUT2D eigenvalue weighted by molar-refractivity contribution is -0.141. The van der Waals surface area contributed by atoms with Crippen molar-refractivity contribution in [1.29, 1.82) is 0 Å². The summed E-state index contributed by atoms with van der Waals surface area (Å²) in [5.74, 6) is 0.598. The van der Waals surface area contributed by atoms with Crippen LogP contribution in [0, 0.1) is 6.92 Å². The molecule has 0 spiro atoms. The molecule has 0 aliphatic carbocycles. The van der Waals surface area contributed by atoms with Crippen molar-refractivity contribution >= 4 is 11.8 Å². The maximum absolute atomic E-state index is 13.4. The first-order chi connectivity index (χ1) is 14.4. The number of rotatable bonds is 10. The van der Waals surface area contributed by atoms with E-state index in [0.29, 0.717) is 13.0 Å². The molecule has 1 N–H and O–H groups in total. The number of hydrogen-bond donors (Lipinski definition) is 1. The van der Waals surface area contributed by atoms with Gasteiger partial charge < -0.3 is 15.0 Å². The number of hydrogen-bond acceptors (Lipinski definition) is 3. The second kappa shape index (κ2) is 11.4. The first-order valence-electron chi connectivity index (χ1n) is 10.7. The predicted octanol–water partition coefficient (Wildman–Crippen LogP) is 4.27. The molecule has 0 aliphatic rings. The molecular formula is C25H34N2O3. The Kier molecular flexibility index (Phi) is 8.90. The average Bonchev–Trinajstić information content (AvgIpc) is 2.75. The molecule has 0 bridgehead atoms. The molecule has 2 atom stereocenters. The SMILES string of the molecule is CC[C@H](C)NC(=O)[C@H](CC)N(Cc1ccccc1C)C(=O)Cc1ccc(OC)cc1. The number of benzene rings is 2. The molecule has 0 heterocycles. The van der Waals surface area contributed by atoms with E-state index in [1.54, 1.807) is 12.0 Å². The van der Waals surface area contributed by atoms with Crippen molar-refractivity contribution in [3.8, 4) is 5.75 Å². The van der Waals surface area contributed by atoms with Crippen LogP contribution in [0.15, 0.2) is 48.5 Å². The fourth-order valence-corrected chi connectivity index (χ4v) is 3.35. The third kappa shape index (κ3) is 6.34. The van der Waals surface area contributed by atoms with Crippen LogP contribution in [0.25, 0.3) is 0 Å². The number of amides is 2. The third-order valence-corrected chi connectivity index (χ3v) is 5.50. The molecule has 0 unspecified atom stereocenters. The van der Waals surface area contributed by atoms with Crippen molar-refractivity contribution in [2.75, 3.05) is 7.11 Å². The largest absolute Gasteiger partial charge is 0.497 e. The van der Waals surface area contributed by atoms with Gasteiger partial charge in [-0.3, -0.25) is 9.59 Å². The Morgan fingerprint density at radius 3 is 2.27 bits per heavy atom. The molecule has 30 heavy (non-hydrogen) atoms. The summed E-state index contributed by atoms with van der Waals surface area (Å²) >= 11 is 0. The van der Waals surface area contributed by atoms with Gasteiger partial charge in [0.1, 0.15) is 11.8 Å². The van der Waals surface area contributed by atoms with Crippen LogP contribution in [-0.2, 0) is 22.6 Å². The van der Waals surface area contributed by atoms with Crippen molar-refractivity contribution in [3.63, 3.8) is 0 Å². The van der Waals surface area contributed by atoms with Gasteiger partial charge in [0.05, 0.1) is 13.5 Å². The minimum absolute atomic E-state index is 0.0606. The Morgan fingerprint density at radius 2 is 1.70 bits per heavy atom. The van der Waals surface area contributed by atoms with E-state index in [4.69, 9.17) is 4.74 Å². The zero-order valence-corrected chi connectivity index (χ0v) is 18.8. The molecule has 2 aromatic carbocycles. The second-order valence-electron chi connectivity index (χ2n) is 7.71. The molecule has 0 saturated carbocycles. The van der Waals surface area contributed by atoms with Gasteiger partial charge in [0.25, 0.3) is 0 Å². The van der Waals surface area contributed by atoms with Crippen LogP contribution in [0.3, 0.4) is 0 Å². The maximum Gasteiger partial charge on any atom is 0.243 e. The molecule has 0 aliphatic heterocycles. The number of methoxy groups -OCH3 is 1. The summed E-state index contributed by atoms with van der Waals surface area (Å²) in [6, 6.07) is 15.0. The lowest BCUT2D eigenvalue weighted by Crippen LogP contribution is -2.51. The zero-order valence-electron chi connectivity index (χ0n) is 18.8. The molecule has 2 aromatic rings. The molecule has 0 radical (unpaired) electrons. The minimum Gasteiger partial charge on any atom is -0.497 e. The molecule has 2 rings (SSSR count). The smallest absolute Gasteiger partial charge is 0.243 e. The van der Waals surface area contributed by atoms with E-state index in [2.05, 4.69) is 5.32 Å². The first kappa shape index (κ1) is 23.5. The van der Waals surface area contributed by atoms with Gasteiger partial charge in [-0.05, 0) is 55.5 Å². The summed E-state index contributed by atoms with van der Waals surface area (Å²) in [6.07, 6.45) is 1.64. The van der Waals surface area contributed by atoms with Gasteiger partial charge in [-0.25, -0.2) is 0 Å². The van der Waals surface area contributed by atoms with Gasteiger partial charge in [0.2, 0.25) is 11.8 Å². The zero-order chi connectivity index (χ0) is 22.1. The van der Waals surface area contributed by atoms with Crippen LogP contribution < -0.4 is 10.1 Å². The quantitative estimate of drug-likeness (QED) is 0.636. The number of ether oxygens (including phenoxy) is 1. The molecule has 0 fully saturated rings. The van der Waals surface area contributed by atoms with Gasteiger partial charge in [-0.2, -0.15) is 0 Å². The van der Waals surface area contributed by atoms with E-state index in [0.717, 1.165) is 28.9 Å². The summed E-state index contributed by atoms with van der Waals surface area (Å²) in [5.41, 5.74) is 3.06. The molecule has 5 heteroatoms. The van der Waals surface area contributed by atoms with E-state index in [-0.39, 0.29) is 24.3 Å². The highest BCUT2D eigenvalue weighted by Gasteiger charge is 2.29. The van der Waals surface area contributed by atoms with E-state index < -0.39 is 6.04 Å². The molecule has 0 aromatic heterocycles. The average molecular weight is 411 g/mol. The van der Waals surface area contributed by atoms with E-state index in [9.17, 15) is 9.59 Å². The molecule has 162 valence electrons. The van der Waals surface area contributed by atoms with Crippen LogP contribution in [0.4, 0.5) is 0 Å². The van der Waals surface area contributed by atoms with Gasteiger partial charge in [-0.15, -0.1) is 0 Å². The van der Waals surface area contributed by atoms with Gasteiger partial charge in [-0.1, -0.05) is 50.2 Å². The molecule has 0 saturated heterocycles. The Labute approximate surface area is 180 Å². The summed E-state index contributed by atoms with van der Waals surface area (Å²) in [6.45, 7) is 8.41. The van der Waals surface area contributed by atoms with Crippen molar-refractivity contribution < 1.29 is 14.3 Å². The Bertz CT molecular complexity index is 833. The second-order valence-corrected chi connectivity index (χ2v) is 7.71. The number of aryl methyl sites for hydroxylation is 1. The van der Waals surface area contributed by atoms with Gasteiger partial charge in [0, 0.05) is 12.6 Å². The predicted molar refractivity (Wildman–Crippen MR) is 120 cm³/mol. The topological polar surface area (TPSA) is 58.6 Å². The minimum atomic E-state index is -0.510. The number of carbonyl (C=O) groups excluding carboxylic acids is 2. The fourth-order valence-electron chi connectivity index (χ4n) is 3.35. The number of nitrogens with one attached hydrogen (secondary N) is 1. The van der Waals surface area contributed by atoms with Crippen LogP contribution >= 0.6 is 0 Å². The summed E-state index contributed by atoms with van der Waals surface area (Å²) in [5, 5.41) is 3.05. The molecule has 5 nitrogen and oxygen atoms in total. The summed E-state index contributed by atoms with van der Waals surface area (Å²) in [7, 11) is 1.62. The van der Waals surface area contributed by atoms with Crippen LogP contribution in [0.1, 0.15) is 50.3 Å². The van der Waals surface area contributed by atoms with Crippen molar-refractivity contribution in [2.24, 2.45) is 0 Å². The van der Waals surface area contributed by atoms with E-state index >= 15 is 0 Å². The monoisotopic (exact) mass is 410 g/mol. The molecular weight excluding hydrogens is 376 g/mol. The van der Waals surface area contributed by atoms with Crippen molar-refractivity contribution in [3.05, 3.63) is 65.2 Å². The van der Waals surface area contributed by atoms with Crippen molar-refractivity contribution in [1.82, 2.24) is 10.2 Å². The van der Waals surface area contributed by atoms with E-state index in [1.165, 1.54) is 0 Å². The summed E-state index contributed by atoms with van der Waals surface area (Å²) < 4.78 is 5.20.